The molecule has 0 bridgehead atoms. The Bertz CT molecular complexity index is 833. The number of carbonyl (C=O) groups excluding carboxylic acids is 1. The van der Waals surface area contributed by atoms with Crippen molar-refractivity contribution in [3.63, 3.8) is 0 Å². The van der Waals surface area contributed by atoms with Crippen LogP contribution in [0.1, 0.15) is 37.1 Å². The van der Waals surface area contributed by atoms with Crippen LogP contribution >= 0.6 is 0 Å². The van der Waals surface area contributed by atoms with E-state index in [-0.39, 0.29) is 17.6 Å². The highest BCUT2D eigenvalue weighted by Gasteiger charge is 2.25. The highest BCUT2D eigenvalue weighted by atomic mass is 19.1. The van der Waals surface area contributed by atoms with E-state index in [9.17, 15) is 9.18 Å². The zero-order valence-electron chi connectivity index (χ0n) is 15.4. The monoisotopic (exact) mass is 373 g/mol. The van der Waals surface area contributed by atoms with Crippen LogP contribution in [-0.2, 0) is 24.4 Å². The zero-order chi connectivity index (χ0) is 18.8. The summed E-state index contributed by atoms with van der Waals surface area (Å²) in [6.07, 6.45) is 5.21. The van der Waals surface area contributed by atoms with E-state index >= 15 is 0 Å². The van der Waals surface area contributed by atoms with Gasteiger partial charge < -0.3 is 15.5 Å². The predicted octanol–water partition coefficient (Wildman–Crippen LogP) is 1.68. The van der Waals surface area contributed by atoms with Gasteiger partial charge in [0.25, 0.3) is 0 Å². The lowest BCUT2D eigenvalue weighted by Gasteiger charge is -2.23. The first kappa shape index (κ1) is 17.7. The van der Waals surface area contributed by atoms with Gasteiger partial charge in [-0.1, -0.05) is 6.42 Å². The third kappa shape index (κ3) is 3.72. The molecule has 1 aliphatic heterocycles. The molecule has 1 aliphatic carbocycles. The Morgan fingerprint density at radius 3 is 2.93 bits per heavy atom. The number of halogens is 1. The van der Waals surface area contributed by atoms with Gasteiger partial charge in [-0.2, -0.15) is 10.1 Å². The maximum Gasteiger partial charge on any atom is 0.227 e. The number of aromatic nitrogens is 4. The molecule has 144 valence electrons. The van der Waals surface area contributed by atoms with Crippen LogP contribution in [0, 0.1) is 11.7 Å². The molecule has 1 saturated carbocycles. The van der Waals surface area contributed by atoms with E-state index in [2.05, 4.69) is 25.7 Å². The van der Waals surface area contributed by atoms with Gasteiger partial charge in [0.2, 0.25) is 11.9 Å². The van der Waals surface area contributed by atoms with Crippen LogP contribution in [0.3, 0.4) is 0 Å². The number of nitrogens with zero attached hydrogens (tertiary/aromatic N) is 5. The molecule has 3 heterocycles. The number of carbonyl (C=O) groups is 1. The number of amides is 1. The van der Waals surface area contributed by atoms with Gasteiger partial charge in [0, 0.05) is 26.1 Å². The maximum absolute atomic E-state index is 13.6. The number of aryl methyl sites for hydroxylation is 1. The van der Waals surface area contributed by atoms with Crippen LogP contribution in [0.15, 0.2) is 12.3 Å². The summed E-state index contributed by atoms with van der Waals surface area (Å²) in [4.78, 5) is 22.5. The first-order valence-corrected chi connectivity index (χ1v) is 9.42. The summed E-state index contributed by atoms with van der Waals surface area (Å²) >= 11 is 0. The predicted molar refractivity (Wildman–Crippen MR) is 98.6 cm³/mol. The lowest BCUT2D eigenvalue weighted by molar-refractivity contribution is -0.127. The smallest absolute Gasteiger partial charge is 0.227 e. The second-order valence-electron chi connectivity index (χ2n) is 7.09. The summed E-state index contributed by atoms with van der Waals surface area (Å²) in [6, 6.07) is 2.02. The number of rotatable bonds is 5. The van der Waals surface area contributed by atoms with Crippen LogP contribution in [0.2, 0.25) is 0 Å². The third-order valence-electron chi connectivity index (χ3n) is 5.24. The average molecular weight is 373 g/mol. The molecule has 2 N–H and O–H groups in total. The van der Waals surface area contributed by atoms with Gasteiger partial charge in [0.15, 0.2) is 11.6 Å². The van der Waals surface area contributed by atoms with Gasteiger partial charge in [-0.15, -0.1) is 0 Å². The van der Waals surface area contributed by atoms with Gasteiger partial charge in [-0.3, -0.25) is 9.48 Å². The van der Waals surface area contributed by atoms with E-state index in [1.807, 2.05) is 15.6 Å². The quantitative estimate of drug-likeness (QED) is 0.829. The van der Waals surface area contributed by atoms with Crippen molar-refractivity contribution in [2.45, 2.75) is 45.3 Å². The topological polar surface area (TPSA) is 88.0 Å². The summed E-state index contributed by atoms with van der Waals surface area (Å²) in [6.45, 7) is 2.61. The van der Waals surface area contributed by atoms with Crippen molar-refractivity contribution in [1.29, 1.82) is 0 Å². The lowest BCUT2D eigenvalue weighted by atomic mass is 9.85. The Morgan fingerprint density at radius 2 is 2.19 bits per heavy atom. The molecule has 9 heteroatoms. The summed E-state index contributed by atoms with van der Waals surface area (Å²) in [5, 5.41) is 10.4. The first-order chi connectivity index (χ1) is 13.1. The zero-order valence-corrected chi connectivity index (χ0v) is 15.4. The Labute approximate surface area is 157 Å². The maximum atomic E-state index is 13.6. The summed E-state index contributed by atoms with van der Waals surface area (Å²) < 4.78 is 15.6. The molecule has 0 aromatic carbocycles. The minimum atomic E-state index is -0.467. The third-order valence-corrected chi connectivity index (χ3v) is 5.24. The van der Waals surface area contributed by atoms with Gasteiger partial charge in [0.1, 0.15) is 0 Å². The fraction of sp³-hybridized carbons (Fsp3) is 0.556. The molecule has 0 unspecified atom stereocenters. The van der Waals surface area contributed by atoms with Crippen molar-refractivity contribution < 1.29 is 9.18 Å². The summed E-state index contributed by atoms with van der Waals surface area (Å²) in [5.41, 5.74) is 1.90. The minimum Gasteiger partial charge on any atom is -0.371 e. The molecule has 8 nitrogen and oxygen atoms in total. The van der Waals surface area contributed by atoms with Gasteiger partial charge in [-0.25, -0.2) is 9.37 Å². The highest BCUT2D eigenvalue weighted by molar-refractivity contribution is 5.79. The Kier molecular flexibility index (Phi) is 4.91. The number of hydrogen-bond donors (Lipinski definition) is 2. The molecular formula is C18H24FN7O. The lowest BCUT2D eigenvalue weighted by Crippen LogP contribution is -2.34. The van der Waals surface area contributed by atoms with Crippen LogP contribution < -0.4 is 15.5 Å². The van der Waals surface area contributed by atoms with Crippen LogP contribution in [0.5, 0.6) is 0 Å². The molecule has 2 aromatic heterocycles. The second-order valence-corrected chi connectivity index (χ2v) is 7.09. The number of anilines is 2. The van der Waals surface area contributed by atoms with Crippen molar-refractivity contribution in [3.8, 4) is 0 Å². The second kappa shape index (κ2) is 7.50. The highest BCUT2D eigenvalue weighted by Crippen LogP contribution is 2.26. The molecule has 1 amide bonds. The van der Waals surface area contributed by atoms with Gasteiger partial charge >= 0.3 is 0 Å². The molecule has 0 spiro atoms. The molecule has 2 aromatic rings. The van der Waals surface area contributed by atoms with E-state index in [1.54, 1.807) is 7.05 Å². The van der Waals surface area contributed by atoms with E-state index in [0.29, 0.717) is 19.0 Å². The summed E-state index contributed by atoms with van der Waals surface area (Å²) in [7, 11) is 1.64. The van der Waals surface area contributed by atoms with Crippen molar-refractivity contribution in [2.24, 2.45) is 5.92 Å². The molecule has 0 atom stereocenters. The van der Waals surface area contributed by atoms with Crippen LogP contribution in [0.25, 0.3) is 0 Å². The normalized spacial score (nSPS) is 17.0. The van der Waals surface area contributed by atoms with E-state index in [0.717, 1.165) is 50.2 Å². The Balaban J connectivity index is 1.45. The molecular weight excluding hydrogens is 349 g/mol. The fourth-order valence-electron chi connectivity index (χ4n) is 3.46. The molecule has 2 aliphatic rings. The Morgan fingerprint density at radius 1 is 1.33 bits per heavy atom. The molecule has 0 saturated heterocycles. The van der Waals surface area contributed by atoms with E-state index in [4.69, 9.17) is 0 Å². The fourth-order valence-corrected chi connectivity index (χ4v) is 3.46. The van der Waals surface area contributed by atoms with Crippen LogP contribution in [-0.4, -0.2) is 39.2 Å². The molecule has 1 fully saturated rings. The SMILES string of the molecule is CNc1nc(N2CCCn3nc(CNC(=O)C4CCC4)cc3C2)ncc1F. The van der Waals surface area contributed by atoms with Gasteiger partial charge in [0.05, 0.1) is 30.7 Å². The van der Waals surface area contributed by atoms with Crippen molar-refractivity contribution in [2.75, 3.05) is 23.8 Å². The molecule has 0 radical (unpaired) electrons. The van der Waals surface area contributed by atoms with Gasteiger partial charge in [-0.05, 0) is 25.3 Å². The Hall–Kier alpha value is -2.71. The number of hydrogen-bond acceptors (Lipinski definition) is 6. The number of nitrogens with one attached hydrogen (secondary N) is 2. The van der Waals surface area contributed by atoms with Crippen LogP contribution in [0.4, 0.5) is 16.2 Å². The van der Waals surface area contributed by atoms with E-state index in [1.165, 1.54) is 6.20 Å². The summed E-state index contributed by atoms with van der Waals surface area (Å²) in [5.74, 6) is 0.529. The average Bonchev–Trinajstić information content (AvgIpc) is 2.89. The molecule has 27 heavy (non-hydrogen) atoms. The van der Waals surface area contributed by atoms with Crippen molar-refractivity contribution in [3.05, 3.63) is 29.5 Å². The van der Waals surface area contributed by atoms with Crippen molar-refractivity contribution in [1.82, 2.24) is 25.1 Å². The largest absolute Gasteiger partial charge is 0.371 e. The van der Waals surface area contributed by atoms with E-state index < -0.39 is 5.82 Å². The first-order valence-electron chi connectivity index (χ1n) is 9.42. The number of fused-ring (bicyclic) bond motifs is 1. The van der Waals surface area contributed by atoms with Crippen molar-refractivity contribution >= 4 is 17.7 Å². The minimum absolute atomic E-state index is 0.130. The molecule has 4 rings (SSSR count). The standard InChI is InChI=1S/C18H24FN7O/c1-20-16-15(19)10-22-18(23-16)25-6-3-7-26-14(11-25)8-13(24-26)9-21-17(27)12-4-2-5-12/h8,10,12H,2-7,9,11H2,1H3,(H,21,27)(H,20,22,23).